The Morgan fingerprint density at radius 2 is 2.14 bits per heavy atom. The molecule has 1 aromatic heterocycles. The molecular weight excluding hydrogens is 334 g/mol. The second-order valence-corrected chi connectivity index (χ2v) is 5.55. The maximum atomic E-state index is 12.1. The average molecular weight is 352 g/mol. The zero-order valence-electron chi connectivity index (χ0n) is 12.3. The van der Waals surface area contributed by atoms with E-state index in [9.17, 15) is 4.79 Å². The molecule has 0 saturated heterocycles. The number of ether oxygens (including phenoxy) is 1. The summed E-state index contributed by atoms with van der Waals surface area (Å²) in [5.74, 6) is 0.763. The fourth-order valence-corrected chi connectivity index (χ4v) is 2.50. The molecule has 5 nitrogen and oxygen atoms in total. The summed E-state index contributed by atoms with van der Waals surface area (Å²) in [6, 6.07) is 7.32. The molecule has 0 amide bonds. The first-order valence-corrected chi connectivity index (χ1v) is 7.45. The van der Waals surface area contributed by atoms with Crippen LogP contribution in [0.2, 0.25) is 0 Å². The Balaban J connectivity index is 2.24. The second-order valence-electron chi connectivity index (χ2n) is 4.69. The monoisotopic (exact) mass is 351 g/mol. The van der Waals surface area contributed by atoms with E-state index in [0.29, 0.717) is 6.54 Å². The Bertz CT molecular complexity index is 685. The van der Waals surface area contributed by atoms with Crippen molar-refractivity contribution >= 4 is 21.6 Å². The molecular formula is C15H18BrN3O2. The number of hydrogen-bond acceptors (Lipinski definition) is 4. The summed E-state index contributed by atoms with van der Waals surface area (Å²) in [6.45, 7) is 3.29. The van der Waals surface area contributed by atoms with E-state index in [-0.39, 0.29) is 5.56 Å². The van der Waals surface area contributed by atoms with Gasteiger partial charge in [0.2, 0.25) is 0 Å². The first-order valence-electron chi connectivity index (χ1n) is 6.66. The molecule has 21 heavy (non-hydrogen) atoms. The van der Waals surface area contributed by atoms with E-state index in [2.05, 4.69) is 21.0 Å². The van der Waals surface area contributed by atoms with Crippen LogP contribution >= 0.6 is 15.9 Å². The third-order valence-electron chi connectivity index (χ3n) is 3.32. The molecule has 2 aromatic rings. The molecule has 112 valence electrons. The Morgan fingerprint density at radius 1 is 1.38 bits per heavy atom. The van der Waals surface area contributed by atoms with E-state index < -0.39 is 0 Å². The number of rotatable bonds is 5. The van der Waals surface area contributed by atoms with Crippen molar-refractivity contribution < 1.29 is 4.74 Å². The van der Waals surface area contributed by atoms with Gasteiger partial charge in [-0.25, -0.2) is 4.68 Å². The molecule has 0 saturated carbocycles. The van der Waals surface area contributed by atoms with Crippen LogP contribution < -0.4 is 15.2 Å². The fourth-order valence-electron chi connectivity index (χ4n) is 1.92. The van der Waals surface area contributed by atoms with Gasteiger partial charge >= 0.3 is 0 Å². The van der Waals surface area contributed by atoms with E-state index >= 15 is 0 Å². The van der Waals surface area contributed by atoms with E-state index in [1.54, 1.807) is 19.4 Å². The van der Waals surface area contributed by atoms with Crippen LogP contribution in [-0.4, -0.2) is 30.5 Å². The predicted octanol–water partition coefficient (Wildman–Crippen LogP) is 2.52. The molecule has 0 fully saturated rings. The van der Waals surface area contributed by atoms with Gasteiger partial charge in [-0.3, -0.25) is 4.79 Å². The van der Waals surface area contributed by atoms with Crippen molar-refractivity contribution in [2.75, 3.05) is 25.6 Å². The van der Waals surface area contributed by atoms with Crippen molar-refractivity contribution in [3.8, 4) is 5.75 Å². The van der Waals surface area contributed by atoms with Crippen LogP contribution in [0.3, 0.4) is 0 Å². The van der Waals surface area contributed by atoms with Gasteiger partial charge in [-0.1, -0.05) is 6.07 Å². The summed E-state index contributed by atoms with van der Waals surface area (Å²) < 4.78 is 7.50. The number of nitrogens with zero attached hydrogens (tertiary/aromatic N) is 3. The highest BCUT2D eigenvalue weighted by Gasteiger charge is 2.06. The highest BCUT2D eigenvalue weighted by molar-refractivity contribution is 9.10. The smallest absolute Gasteiger partial charge is 0.269 e. The highest BCUT2D eigenvalue weighted by Crippen LogP contribution is 2.25. The van der Waals surface area contributed by atoms with Gasteiger partial charge in [-0.2, -0.15) is 5.10 Å². The zero-order chi connectivity index (χ0) is 15.4. The third-order valence-corrected chi connectivity index (χ3v) is 3.94. The Labute approximate surface area is 132 Å². The van der Waals surface area contributed by atoms with E-state index in [0.717, 1.165) is 28.0 Å². The molecule has 0 aliphatic rings. The number of hydrogen-bond donors (Lipinski definition) is 0. The lowest BCUT2D eigenvalue weighted by molar-refractivity contribution is 0.412. The number of anilines is 1. The molecule has 0 radical (unpaired) electrons. The summed E-state index contributed by atoms with van der Waals surface area (Å²) in [5.41, 5.74) is 1.70. The number of halogens is 1. The largest absolute Gasteiger partial charge is 0.496 e. The molecule has 0 unspecified atom stereocenters. The Hall–Kier alpha value is -1.82. The standard InChI is InChI=1S/C15H18BrN3O2/c1-4-18(2)12-8-15(20)19(17-9-12)10-11-5-6-14(21-3)13(16)7-11/h5-9H,4,10H2,1-3H3. The number of benzene rings is 1. The third kappa shape index (κ3) is 3.64. The quantitative estimate of drug-likeness (QED) is 0.830. The van der Waals surface area contributed by atoms with Crippen molar-refractivity contribution in [1.82, 2.24) is 9.78 Å². The van der Waals surface area contributed by atoms with Gasteiger partial charge in [0, 0.05) is 19.7 Å². The zero-order valence-corrected chi connectivity index (χ0v) is 13.9. The van der Waals surface area contributed by atoms with Crippen LogP contribution in [-0.2, 0) is 6.54 Å². The minimum atomic E-state index is -0.111. The van der Waals surface area contributed by atoms with Crippen LogP contribution in [0.4, 0.5) is 5.69 Å². The molecule has 6 heteroatoms. The molecule has 2 rings (SSSR count). The first-order chi connectivity index (χ1) is 10.0. The lowest BCUT2D eigenvalue weighted by atomic mass is 10.2. The molecule has 0 N–H and O–H groups in total. The second kappa shape index (κ2) is 6.76. The maximum Gasteiger partial charge on any atom is 0.269 e. The van der Waals surface area contributed by atoms with Gasteiger partial charge in [0.25, 0.3) is 5.56 Å². The minimum Gasteiger partial charge on any atom is -0.496 e. The Kier molecular flexibility index (Phi) is 5.01. The lowest BCUT2D eigenvalue weighted by Crippen LogP contribution is -2.26. The first kappa shape index (κ1) is 15.6. The topological polar surface area (TPSA) is 47.4 Å². The lowest BCUT2D eigenvalue weighted by Gasteiger charge is -2.16. The van der Waals surface area contributed by atoms with Gasteiger partial charge in [0.05, 0.1) is 30.0 Å². The van der Waals surface area contributed by atoms with Crippen molar-refractivity contribution in [2.45, 2.75) is 13.5 Å². The number of aromatic nitrogens is 2. The summed E-state index contributed by atoms with van der Waals surface area (Å²) in [7, 11) is 3.55. The SMILES string of the molecule is CCN(C)c1cnn(Cc2ccc(OC)c(Br)c2)c(=O)c1. The summed E-state index contributed by atoms with van der Waals surface area (Å²) in [4.78, 5) is 14.1. The molecule has 0 spiro atoms. The molecule has 1 heterocycles. The highest BCUT2D eigenvalue weighted by atomic mass is 79.9. The van der Waals surface area contributed by atoms with E-state index in [4.69, 9.17) is 4.74 Å². The van der Waals surface area contributed by atoms with Crippen molar-refractivity contribution in [2.24, 2.45) is 0 Å². The fraction of sp³-hybridized carbons (Fsp3) is 0.333. The predicted molar refractivity (Wildman–Crippen MR) is 87.2 cm³/mol. The summed E-state index contributed by atoms with van der Waals surface area (Å²) >= 11 is 3.44. The summed E-state index contributed by atoms with van der Waals surface area (Å²) in [5, 5.41) is 4.23. The van der Waals surface area contributed by atoms with Crippen LogP contribution in [0.15, 0.2) is 39.7 Å². The van der Waals surface area contributed by atoms with Gasteiger partial charge in [0.15, 0.2) is 0 Å². The summed E-state index contributed by atoms with van der Waals surface area (Å²) in [6.07, 6.45) is 1.71. The van der Waals surface area contributed by atoms with Crippen molar-refractivity contribution in [3.63, 3.8) is 0 Å². The van der Waals surface area contributed by atoms with Gasteiger partial charge in [-0.15, -0.1) is 0 Å². The normalized spacial score (nSPS) is 10.5. The van der Waals surface area contributed by atoms with Crippen LogP contribution in [0.1, 0.15) is 12.5 Å². The van der Waals surface area contributed by atoms with Crippen molar-refractivity contribution in [3.05, 3.63) is 50.9 Å². The minimum absolute atomic E-state index is 0.111. The van der Waals surface area contributed by atoms with Crippen LogP contribution in [0, 0.1) is 0 Å². The molecule has 0 bridgehead atoms. The maximum absolute atomic E-state index is 12.1. The number of methoxy groups -OCH3 is 1. The van der Waals surface area contributed by atoms with E-state index in [1.165, 1.54) is 4.68 Å². The molecule has 0 atom stereocenters. The van der Waals surface area contributed by atoms with Gasteiger partial charge in [-0.05, 0) is 40.5 Å². The molecule has 0 aliphatic heterocycles. The average Bonchev–Trinajstić information content (AvgIpc) is 2.48. The Morgan fingerprint density at radius 3 is 2.71 bits per heavy atom. The van der Waals surface area contributed by atoms with Crippen LogP contribution in [0.25, 0.3) is 0 Å². The van der Waals surface area contributed by atoms with Crippen LogP contribution in [0.5, 0.6) is 5.75 Å². The van der Waals surface area contributed by atoms with Crippen molar-refractivity contribution in [1.29, 1.82) is 0 Å². The van der Waals surface area contributed by atoms with Gasteiger partial charge in [0.1, 0.15) is 5.75 Å². The molecule has 0 aliphatic carbocycles. The molecule has 1 aromatic carbocycles. The van der Waals surface area contributed by atoms with E-state index in [1.807, 2.05) is 37.1 Å². The van der Waals surface area contributed by atoms with Gasteiger partial charge < -0.3 is 9.64 Å².